The summed E-state index contributed by atoms with van der Waals surface area (Å²) >= 11 is 0. The molecule has 2 aliphatic rings. The van der Waals surface area contributed by atoms with Crippen LogP contribution in [0.1, 0.15) is 67.1 Å². The third kappa shape index (κ3) is 7.84. The largest absolute Gasteiger partial charge is 0.478 e. The number of rotatable bonds is 13. The van der Waals surface area contributed by atoms with E-state index in [1.54, 1.807) is 12.1 Å². The summed E-state index contributed by atoms with van der Waals surface area (Å²) in [4.78, 5) is 28.0. The zero-order valence-electron chi connectivity index (χ0n) is 25.1. The van der Waals surface area contributed by atoms with Crippen molar-refractivity contribution in [2.45, 2.75) is 65.7 Å². The average molecular weight is 562 g/mol. The van der Waals surface area contributed by atoms with Crippen LogP contribution >= 0.6 is 0 Å². The third-order valence-electron chi connectivity index (χ3n) is 8.91. The van der Waals surface area contributed by atoms with Crippen molar-refractivity contribution in [1.82, 2.24) is 33.8 Å². The zero-order chi connectivity index (χ0) is 28.8. The Bertz CT molecular complexity index is 1260. The number of hydrogen-bond donors (Lipinski definition) is 1. The molecule has 9 nitrogen and oxygen atoms in total. The molecule has 0 bridgehead atoms. The molecule has 2 aromatic heterocycles. The maximum Gasteiger partial charge on any atom is 0.335 e. The van der Waals surface area contributed by atoms with Crippen molar-refractivity contribution in [2.75, 3.05) is 46.3 Å². The molecule has 4 heterocycles. The molecule has 2 saturated heterocycles. The predicted molar refractivity (Wildman–Crippen MR) is 161 cm³/mol. The monoisotopic (exact) mass is 561 g/mol. The van der Waals surface area contributed by atoms with Crippen LogP contribution in [-0.4, -0.2) is 91.2 Å². The summed E-state index contributed by atoms with van der Waals surface area (Å²) in [7, 11) is 2.11. The van der Waals surface area contributed by atoms with Crippen LogP contribution in [0.5, 0.6) is 0 Å². The third-order valence-corrected chi connectivity index (χ3v) is 8.91. The van der Waals surface area contributed by atoms with Crippen molar-refractivity contribution in [3.05, 3.63) is 71.8 Å². The molecule has 222 valence electrons. The summed E-state index contributed by atoms with van der Waals surface area (Å²) in [5, 5.41) is 9.14. The molecule has 9 heteroatoms. The summed E-state index contributed by atoms with van der Waals surface area (Å²) in [6.45, 7) is 15.3. The van der Waals surface area contributed by atoms with Gasteiger partial charge in [-0.05, 0) is 87.9 Å². The van der Waals surface area contributed by atoms with E-state index in [1.165, 1.54) is 52.0 Å². The Morgan fingerprint density at radius 2 is 1.54 bits per heavy atom. The van der Waals surface area contributed by atoms with Gasteiger partial charge in [-0.15, -0.1) is 0 Å². The number of aromatic carboxylic acids is 1. The summed E-state index contributed by atoms with van der Waals surface area (Å²) in [5.41, 5.74) is 1.91. The molecule has 1 N–H and O–H groups in total. The lowest BCUT2D eigenvalue weighted by Crippen LogP contribution is -2.42. The van der Waals surface area contributed by atoms with Crippen LogP contribution in [0.4, 0.5) is 0 Å². The van der Waals surface area contributed by atoms with Gasteiger partial charge >= 0.3 is 5.97 Å². The first-order valence-electron chi connectivity index (χ1n) is 15.2. The van der Waals surface area contributed by atoms with Crippen LogP contribution < -0.4 is 0 Å². The Labute approximate surface area is 244 Å². The molecule has 3 aromatic rings. The highest BCUT2D eigenvalue weighted by Crippen LogP contribution is 2.40. The Balaban J connectivity index is 1.06. The number of carboxylic acids is 1. The minimum Gasteiger partial charge on any atom is -0.478 e. The lowest BCUT2D eigenvalue weighted by molar-refractivity contribution is 0.0697. The topological polar surface area (TPSA) is 82.7 Å². The van der Waals surface area contributed by atoms with Crippen LogP contribution in [0.15, 0.2) is 49.1 Å². The highest BCUT2D eigenvalue weighted by Gasteiger charge is 2.40. The number of carbonyl (C=O) groups is 1. The van der Waals surface area contributed by atoms with Crippen molar-refractivity contribution in [1.29, 1.82) is 0 Å². The number of aryl methyl sites for hydroxylation is 1. The van der Waals surface area contributed by atoms with Gasteiger partial charge in [0.05, 0.1) is 18.7 Å². The first-order valence-corrected chi connectivity index (χ1v) is 15.2. The van der Waals surface area contributed by atoms with Gasteiger partial charge in [-0.1, -0.05) is 26.0 Å². The summed E-state index contributed by atoms with van der Waals surface area (Å²) in [5.74, 6) is 1.92. The second kappa shape index (κ2) is 13.3. The Hall–Kier alpha value is -3.01. The fourth-order valence-corrected chi connectivity index (χ4v) is 6.64. The van der Waals surface area contributed by atoms with E-state index in [0.717, 1.165) is 49.2 Å². The van der Waals surface area contributed by atoms with E-state index in [9.17, 15) is 4.79 Å². The molecule has 0 aliphatic carbocycles. The van der Waals surface area contributed by atoms with Crippen LogP contribution in [0.2, 0.25) is 0 Å². The van der Waals surface area contributed by atoms with Crippen molar-refractivity contribution < 1.29 is 9.90 Å². The van der Waals surface area contributed by atoms with Gasteiger partial charge in [0, 0.05) is 51.0 Å². The molecular weight excluding hydrogens is 514 g/mol. The zero-order valence-corrected chi connectivity index (χ0v) is 25.1. The number of likely N-dealkylation sites (tertiary alicyclic amines) is 2. The van der Waals surface area contributed by atoms with E-state index in [2.05, 4.69) is 60.9 Å². The van der Waals surface area contributed by atoms with E-state index < -0.39 is 5.97 Å². The van der Waals surface area contributed by atoms with Gasteiger partial charge in [0.15, 0.2) is 0 Å². The van der Waals surface area contributed by atoms with Crippen molar-refractivity contribution in [3.8, 4) is 0 Å². The first kappa shape index (κ1) is 29.5. The van der Waals surface area contributed by atoms with Crippen molar-refractivity contribution >= 4 is 5.97 Å². The minimum atomic E-state index is -0.905. The van der Waals surface area contributed by atoms with Crippen LogP contribution in [0.25, 0.3) is 0 Å². The summed E-state index contributed by atoms with van der Waals surface area (Å²) in [6, 6.07) is 7.04. The number of benzene rings is 1. The van der Waals surface area contributed by atoms with E-state index >= 15 is 0 Å². The second-order valence-corrected chi connectivity index (χ2v) is 12.8. The SMILES string of the molecule is CC(C)CN1CCC2(CC1)CCN(CCCn1ccnc1CN(C)Cc1nccn1Cc1ccc(C(=O)O)cc1)C2. The van der Waals surface area contributed by atoms with E-state index in [4.69, 9.17) is 5.11 Å². The molecule has 2 fully saturated rings. The van der Waals surface area contributed by atoms with Gasteiger partial charge < -0.3 is 24.0 Å². The maximum atomic E-state index is 11.1. The molecule has 0 saturated carbocycles. The maximum absolute atomic E-state index is 11.1. The van der Waals surface area contributed by atoms with Crippen LogP contribution in [0.3, 0.4) is 0 Å². The van der Waals surface area contributed by atoms with Gasteiger partial charge in [-0.2, -0.15) is 0 Å². The molecule has 2 aliphatic heterocycles. The Morgan fingerprint density at radius 1 is 0.927 bits per heavy atom. The predicted octanol–water partition coefficient (Wildman–Crippen LogP) is 4.29. The van der Waals surface area contributed by atoms with Gasteiger partial charge in [-0.3, -0.25) is 4.90 Å². The van der Waals surface area contributed by atoms with Crippen LogP contribution in [0, 0.1) is 11.3 Å². The smallest absolute Gasteiger partial charge is 0.335 e. The minimum absolute atomic E-state index is 0.303. The summed E-state index contributed by atoms with van der Waals surface area (Å²) < 4.78 is 4.43. The van der Waals surface area contributed by atoms with E-state index in [-0.39, 0.29) is 0 Å². The lowest BCUT2D eigenvalue weighted by atomic mass is 9.77. The molecule has 0 unspecified atom stereocenters. The second-order valence-electron chi connectivity index (χ2n) is 12.8. The van der Waals surface area contributed by atoms with E-state index in [0.29, 0.717) is 24.1 Å². The Kier molecular flexibility index (Phi) is 9.57. The summed E-state index contributed by atoms with van der Waals surface area (Å²) in [6.07, 6.45) is 13.1. The fourth-order valence-electron chi connectivity index (χ4n) is 6.64. The van der Waals surface area contributed by atoms with Gasteiger partial charge in [-0.25, -0.2) is 14.8 Å². The molecule has 1 aromatic carbocycles. The number of nitrogens with zero attached hydrogens (tertiary/aromatic N) is 7. The van der Waals surface area contributed by atoms with Crippen molar-refractivity contribution in [2.24, 2.45) is 11.3 Å². The molecule has 41 heavy (non-hydrogen) atoms. The van der Waals surface area contributed by atoms with Gasteiger partial charge in [0.2, 0.25) is 0 Å². The van der Waals surface area contributed by atoms with Crippen molar-refractivity contribution in [3.63, 3.8) is 0 Å². The number of piperidine rings is 1. The number of aromatic nitrogens is 4. The molecule has 0 radical (unpaired) electrons. The lowest BCUT2D eigenvalue weighted by Gasteiger charge is -2.40. The fraction of sp³-hybridized carbons (Fsp3) is 0.594. The van der Waals surface area contributed by atoms with Gasteiger partial charge in [0.1, 0.15) is 11.6 Å². The molecular formula is C32H47N7O2. The quantitative estimate of drug-likeness (QED) is 0.333. The highest BCUT2D eigenvalue weighted by molar-refractivity contribution is 5.87. The average Bonchev–Trinajstić information content (AvgIpc) is 3.67. The van der Waals surface area contributed by atoms with E-state index in [1.807, 2.05) is 30.7 Å². The number of imidazole rings is 2. The van der Waals surface area contributed by atoms with Crippen LogP contribution in [-0.2, 0) is 26.2 Å². The highest BCUT2D eigenvalue weighted by atomic mass is 16.4. The molecule has 1 spiro atoms. The van der Waals surface area contributed by atoms with Gasteiger partial charge in [0.25, 0.3) is 0 Å². The first-order chi connectivity index (χ1) is 19.8. The Morgan fingerprint density at radius 3 is 2.17 bits per heavy atom. The molecule has 0 amide bonds. The standard InChI is InChI=1S/C32H47N7O2/c1-26(2)21-36-16-9-32(10-17-36)11-18-37(25-32)14-4-15-38-19-12-33-29(38)23-35(3)24-30-34-13-20-39(30)22-27-5-7-28(8-6-27)31(40)41/h5-8,12-13,19-20,26H,4,9-11,14-18,21-25H2,1-3H3,(H,40,41). The number of carboxylic acid groups (broad SMARTS) is 1. The molecule has 0 atom stereocenters. The molecule has 5 rings (SSSR count). The normalized spacial score (nSPS) is 17.8. The number of hydrogen-bond acceptors (Lipinski definition) is 6.